The highest BCUT2D eigenvalue weighted by atomic mass is 35.5. The molecule has 6 heteroatoms. The van der Waals surface area contributed by atoms with Crippen molar-refractivity contribution in [1.29, 1.82) is 0 Å². The molecule has 0 unspecified atom stereocenters. The number of amides is 1. The Labute approximate surface area is 167 Å². The molecule has 0 radical (unpaired) electrons. The molecule has 5 nitrogen and oxygen atoms in total. The molecule has 2 N–H and O–H groups in total. The maximum atomic E-state index is 12.7. The number of aromatic nitrogens is 2. The highest BCUT2D eigenvalue weighted by Crippen LogP contribution is 2.30. The number of H-pyrrole nitrogens is 1. The lowest BCUT2D eigenvalue weighted by molar-refractivity contribution is 0.102. The van der Waals surface area contributed by atoms with Crippen molar-refractivity contribution in [2.24, 2.45) is 0 Å². The Morgan fingerprint density at radius 1 is 1.11 bits per heavy atom. The van der Waals surface area contributed by atoms with E-state index in [1.54, 1.807) is 31.4 Å². The number of anilines is 1. The van der Waals surface area contributed by atoms with Crippen molar-refractivity contribution in [3.63, 3.8) is 0 Å². The van der Waals surface area contributed by atoms with Crippen LogP contribution in [0.25, 0.3) is 22.4 Å². The number of halogens is 1. The molecule has 4 aromatic rings. The summed E-state index contributed by atoms with van der Waals surface area (Å²) in [5.74, 6) is 1.17. The van der Waals surface area contributed by atoms with Crippen molar-refractivity contribution in [3.8, 4) is 17.1 Å². The molecule has 3 aromatic carbocycles. The van der Waals surface area contributed by atoms with Gasteiger partial charge >= 0.3 is 0 Å². The molecule has 0 atom stereocenters. The lowest BCUT2D eigenvalue weighted by Gasteiger charge is -2.10. The van der Waals surface area contributed by atoms with Crippen LogP contribution in [-0.2, 0) is 0 Å². The molecule has 0 fully saturated rings. The van der Waals surface area contributed by atoms with E-state index in [-0.39, 0.29) is 5.91 Å². The Bertz CT molecular complexity index is 1150. The minimum absolute atomic E-state index is 0.196. The summed E-state index contributed by atoms with van der Waals surface area (Å²) in [4.78, 5) is 20.6. The lowest BCUT2D eigenvalue weighted by Crippen LogP contribution is -2.13. The van der Waals surface area contributed by atoms with E-state index < -0.39 is 0 Å². The molecule has 1 heterocycles. The third-order valence-corrected chi connectivity index (χ3v) is 4.88. The number of para-hydroxylation sites is 2. The Morgan fingerprint density at radius 2 is 1.93 bits per heavy atom. The summed E-state index contributed by atoms with van der Waals surface area (Å²) < 4.78 is 5.19. The monoisotopic (exact) mass is 391 g/mol. The predicted octanol–water partition coefficient (Wildman–Crippen LogP) is 5.45. The molecule has 0 aliphatic rings. The zero-order valence-corrected chi connectivity index (χ0v) is 16.2. The Morgan fingerprint density at radius 3 is 2.68 bits per heavy atom. The van der Waals surface area contributed by atoms with Gasteiger partial charge in [0.1, 0.15) is 11.6 Å². The van der Waals surface area contributed by atoms with Gasteiger partial charge in [-0.1, -0.05) is 23.7 Å². The Hall–Kier alpha value is -3.31. The molecule has 1 amide bonds. The smallest absolute Gasteiger partial charge is 0.255 e. The third kappa shape index (κ3) is 3.44. The van der Waals surface area contributed by atoms with Crippen LogP contribution in [0, 0.1) is 6.92 Å². The van der Waals surface area contributed by atoms with Gasteiger partial charge in [-0.2, -0.15) is 0 Å². The highest BCUT2D eigenvalue weighted by molar-refractivity contribution is 6.33. The third-order valence-electron chi connectivity index (χ3n) is 4.55. The molecule has 0 saturated heterocycles. The van der Waals surface area contributed by atoms with Crippen LogP contribution in [0.1, 0.15) is 15.9 Å². The molecule has 0 aliphatic heterocycles. The fourth-order valence-electron chi connectivity index (χ4n) is 3.08. The van der Waals surface area contributed by atoms with Crippen molar-refractivity contribution in [2.45, 2.75) is 6.92 Å². The van der Waals surface area contributed by atoms with Crippen LogP contribution < -0.4 is 10.1 Å². The quantitative estimate of drug-likeness (QED) is 0.486. The fraction of sp³-hybridized carbons (Fsp3) is 0.0909. The van der Waals surface area contributed by atoms with Gasteiger partial charge in [0.25, 0.3) is 5.91 Å². The van der Waals surface area contributed by atoms with Crippen LogP contribution in [-0.4, -0.2) is 23.0 Å². The van der Waals surface area contributed by atoms with Gasteiger partial charge in [0.05, 0.1) is 23.2 Å². The first-order valence-corrected chi connectivity index (χ1v) is 9.13. The number of aryl methyl sites for hydroxylation is 1. The summed E-state index contributed by atoms with van der Waals surface area (Å²) in [5.41, 5.74) is 4.57. The number of fused-ring (bicyclic) bond motifs is 1. The Balaban J connectivity index is 1.64. The summed E-state index contributed by atoms with van der Waals surface area (Å²) >= 11 is 6.38. The zero-order chi connectivity index (χ0) is 19.7. The number of nitrogens with one attached hydrogen (secondary N) is 2. The number of aromatic amines is 1. The van der Waals surface area contributed by atoms with E-state index in [0.717, 1.165) is 22.2 Å². The normalized spacial score (nSPS) is 10.8. The first-order chi connectivity index (χ1) is 13.5. The van der Waals surface area contributed by atoms with Gasteiger partial charge in [-0.25, -0.2) is 4.98 Å². The van der Waals surface area contributed by atoms with Gasteiger partial charge in [-0.15, -0.1) is 0 Å². The van der Waals surface area contributed by atoms with Crippen LogP contribution >= 0.6 is 11.6 Å². The topological polar surface area (TPSA) is 67.0 Å². The van der Waals surface area contributed by atoms with Gasteiger partial charge < -0.3 is 15.0 Å². The van der Waals surface area contributed by atoms with Gasteiger partial charge in [0, 0.05) is 16.8 Å². The van der Waals surface area contributed by atoms with E-state index in [0.29, 0.717) is 27.8 Å². The maximum Gasteiger partial charge on any atom is 0.255 e. The lowest BCUT2D eigenvalue weighted by atomic mass is 10.1. The molecule has 140 valence electrons. The number of hydrogen-bond acceptors (Lipinski definition) is 3. The van der Waals surface area contributed by atoms with Crippen LogP contribution in [0.3, 0.4) is 0 Å². The highest BCUT2D eigenvalue weighted by Gasteiger charge is 2.13. The maximum absolute atomic E-state index is 12.7. The number of methoxy groups -OCH3 is 1. The minimum atomic E-state index is -0.196. The second kappa shape index (κ2) is 7.37. The molecule has 0 saturated carbocycles. The van der Waals surface area contributed by atoms with E-state index in [1.165, 1.54) is 0 Å². The summed E-state index contributed by atoms with van der Waals surface area (Å²) in [6.45, 7) is 1.87. The average Bonchev–Trinajstić information content (AvgIpc) is 3.13. The van der Waals surface area contributed by atoms with Crippen LogP contribution in [0.15, 0.2) is 60.7 Å². The number of carbonyl (C=O) groups excluding carboxylic acids is 1. The second-order valence-corrected chi connectivity index (χ2v) is 6.84. The van der Waals surface area contributed by atoms with Gasteiger partial charge in [0.2, 0.25) is 0 Å². The minimum Gasteiger partial charge on any atom is -0.497 e. The van der Waals surface area contributed by atoms with Gasteiger partial charge in [-0.3, -0.25) is 4.79 Å². The van der Waals surface area contributed by atoms with E-state index in [2.05, 4.69) is 15.3 Å². The SMILES string of the molecule is COc1ccc(C(=O)Nc2ccc(Cl)c(-c3nc4ccccc4[nH]3)c2)c(C)c1. The van der Waals surface area contributed by atoms with Gasteiger partial charge in [0.15, 0.2) is 0 Å². The molecule has 28 heavy (non-hydrogen) atoms. The fourth-order valence-corrected chi connectivity index (χ4v) is 3.29. The van der Waals surface area contributed by atoms with E-state index >= 15 is 0 Å². The van der Waals surface area contributed by atoms with Crippen LogP contribution in [0.2, 0.25) is 5.02 Å². The number of ether oxygens (including phenoxy) is 1. The second-order valence-electron chi connectivity index (χ2n) is 6.43. The summed E-state index contributed by atoms with van der Waals surface area (Å²) in [7, 11) is 1.60. The number of imidazole rings is 1. The van der Waals surface area contributed by atoms with Crippen molar-refractivity contribution in [3.05, 3.63) is 76.8 Å². The van der Waals surface area contributed by atoms with Crippen molar-refractivity contribution in [2.75, 3.05) is 12.4 Å². The summed E-state index contributed by atoms with van der Waals surface area (Å²) in [6, 6.07) is 18.4. The Kier molecular flexibility index (Phi) is 4.75. The van der Waals surface area contributed by atoms with Crippen LogP contribution in [0.4, 0.5) is 5.69 Å². The first-order valence-electron chi connectivity index (χ1n) is 8.76. The largest absolute Gasteiger partial charge is 0.497 e. The summed E-state index contributed by atoms with van der Waals surface area (Å²) in [6.07, 6.45) is 0. The summed E-state index contributed by atoms with van der Waals surface area (Å²) in [5, 5.41) is 3.48. The van der Waals surface area contributed by atoms with Gasteiger partial charge in [-0.05, 0) is 61.0 Å². The molecule has 0 spiro atoms. The number of rotatable bonds is 4. The van der Waals surface area contributed by atoms with Crippen molar-refractivity contribution in [1.82, 2.24) is 9.97 Å². The first kappa shape index (κ1) is 18.1. The average molecular weight is 392 g/mol. The van der Waals surface area contributed by atoms with E-state index in [4.69, 9.17) is 16.3 Å². The number of benzene rings is 3. The predicted molar refractivity (Wildman–Crippen MR) is 112 cm³/mol. The molecule has 0 bridgehead atoms. The van der Waals surface area contributed by atoms with E-state index in [1.807, 2.05) is 43.3 Å². The van der Waals surface area contributed by atoms with E-state index in [9.17, 15) is 4.79 Å². The molecule has 1 aromatic heterocycles. The zero-order valence-electron chi connectivity index (χ0n) is 15.4. The number of carbonyl (C=O) groups is 1. The number of nitrogens with zero attached hydrogens (tertiary/aromatic N) is 1. The molecular formula is C22H18ClN3O2. The molecule has 4 rings (SSSR count). The van der Waals surface area contributed by atoms with Crippen molar-refractivity contribution < 1.29 is 9.53 Å². The molecular weight excluding hydrogens is 374 g/mol. The van der Waals surface area contributed by atoms with Crippen molar-refractivity contribution >= 4 is 34.2 Å². The number of hydrogen-bond donors (Lipinski definition) is 2. The van der Waals surface area contributed by atoms with Crippen LogP contribution in [0.5, 0.6) is 5.75 Å². The molecule has 0 aliphatic carbocycles. The standard InChI is InChI=1S/C22H18ClN3O2/c1-13-11-15(28-2)8-9-16(13)22(27)24-14-7-10-18(23)17(12-14)21-25-19-5-3-4-6-20(19)26-21/h3-12H,1-2H3,(H,24,27)(H,25,26).